The summed E-state index contributed by atoms with van der Waals surface area (Å²) >= 11 is 0. The second-order valence-corrected chi connectivity index (χ2v) is 6.79. The highest BCUT2D eigenvalue weighted by Gasteiger charge is 2.42. The first-order valence-electron chi connectivity index (χ1n) is 8.23. The molecule has 1 atom stereocenters. The lowest BCUT2D eigenvalue weighted by molar-refractivity contribution is -0.153. The van der Waals surface area contributed by atoms with Crippen LogP contribution in [-0.4, -0.2) is 60.1 Å². The Bertz CT molecular complexity index is 326. The number of likely N-dealkylation sites (N-methyl/N-ethyl adjacent to an activating group) is 1. The number of nitrogens with zero attached hydrogens (tertiary/aromatic N) is 2. The van der Waals surface area contributed by atoms with E-state index in [1.54, 1.807) is 0 Å². The lowest BCUT2D eigenvalue weighted by atomic mass is 9.73. The van der Waals surface area contributed by atoms with E-state index in [1.165, 1.54) is 6.42 Å². The third-order valence-electron chi connectivity index (χ3n) is 5.27. The lowest BCUT2D eigenvalue weighted by Crippen LogP contribution is -2.49. The van der Waals surface area contributed by atoms with E-state index in [0.29, 0.717) is 6.04 Å². The van der Waals surface area contributed by atoms with Crippen molar-refractivity contribution in [1.82, 2.24) is 9.80 Å². The van der Waals surface area contributed by atoms with Crippen LogP contribution in [0.3, 0.4) is 0 Å². The number of carboxylic acids is 1. The largest absolute Gasteiger partial charge is 0.481 e. The van der Waals surface area contributed by atoms with E-state index in [-0.39, 0.29) is 0 Å². The average Bonchev–Trinajstić information content (AvgIpc) is 2.61. The topological polar surface area (TPSA) is 43.8 Å². The van der Waals surface area contributed by atoms with Crippen LogP contribution in [0, 0.1) is 5.41 Å². The number of carboxylic acid groups (broad SMARTS) is 1. The molecule has 0 aromatic rings. The minimum absolute atomic E-state index is 0.478. The van der Waals surface area contributed by atoms with Gasteiger partial charge in [0.15, 0.2) is 0 Å². The Hall–Kier alpha value is -0.610. The Kier molecular flexibility index (Phi) is 5.44. The highest BCUT2D eigenvalue weighted by atomic mass is 16.4. The van der Waals surface area contributed by atoms with Crippen molar-refractivity contribution in [3.63, 3.8) is 0 Å². The maximum Gasteiger partial charge on any atom is 0.310 e. The third kappa shape index (κ3) is 3.53. The molecule has 0 amide bonds. The summed E-state index contributed by atoms with van der Waals surface area (Å²) in [5.41, 5.74) is -0.478. The Morgan fingerprint density at radius 1 is 1.20 bits per heavy atom. The second-order valence-electron chi connectivity index (χ2n) is 6.79. The number of rotatable bonds is 4. The first-order chi connectivity index (χ1) is 9.57. The van der Waals surface area contributed by atoms with Crippen molar-refractivity contribution in [2.45, 2.75) is 57.9 Å². The van der Waals surface area contributed by atoms with Crippen molar-refractivity contribution in [2.24, 2.45) is 5.41 Å². The normalized spacial score (nSPS) is 29.0. The zero-order chi connectivity index (χ0) is 14.6. The molecule has 0 aromatic carbocycles. The smallest absolute Gasteiger partial charge is 0.310 e. The molecule has 1 heterocycles. The molecule has 0 radical (unpaired) electrons. The van der Waals surface area contributed by atoms with Gasteiger partial charge in [-0.05, 0) is 45.8 Å². The van der Waals surface area contributed by atoms with Gasteiger partial charge in [0.1, 0.15) is 0 Å². The van der Waals surface area contributed by atoms with Gasteiger partial charge in [-0.15, -0.1) is 0 Å². The van der Waals surface area contributed by atoms with E-state index in [2.05, 4.69) is 23.8 Å². The summed E-state index contributed by atoms with van der Waals surface area (Å²) in [5.74, 6) is -0.565. The first kappa shape index (κ1) is 15.8. The van der Waals surface area contributed by atoms with Crippen LogP contribution in [0.1, 0.15) is 51.9 Å². The number of aliphatic carboxylic acids is 1. The van der Waals surface area contributed by atoms with Crippen LogP contribution in [0.5, 0.6) is 0 Å². The van der Waals surface area contributed by atoms with Gasteiger partial charge in [0, 0.05) is 19.1 Å². The summed E-state index contributed by atoms with van der Waals surface area (Å²) < 4.78 is 0. The van der Waals surface area contributed by atoms with Gasteiger partial charge in [-0.1, -0.05) is 26.2 Å². The van der Waals surface area contributed by atoms with Crippen molar-refractivity contribution in [3.8, 4) is 0 Å². The predicted octanol–water partition coefficient (Wildman–Crippen LogP) is 2.44. The van der Waals surface area contributed by atoms with Gasteiger partial charge < -0.3 is 10.0 Å². The predicted molar refractivity (Wildman–Crippen MR) is 80.9 cm³/mol. The molecule has 1 N–H and O–H groups in total. The molecule has 2 rings (SSSR count). The summed E-state index contributed by atoms with van der Waals surface area (Å²) in [6.45, 7) is 6.25. The Balaban J connectivity index is 2.09. The van der Waals surface area contributed by atoms with E-state index < -0.39 is 11.4 Å². The number of hydrogen-bond donors (Lipinski definition) is 1. The molecule has 1 unspecified atom stereocenters. The molecule has 20 heavy (non-hydrogen) atoms. The number of hydrogen-bond acceptors (Lipinski definition) is 3. The van der Waals surface area contributed by atoms with Gasteiger partial charge in [-0.25, -0.2) is 0 Å². The minimum Gasteiger partial charge on any atom is -0.481 e. The van der Waals surface area contributed by atoms with Crippen LogP contribution < -0.4 is 0 Å². The molecule has 116 valence electrons. The van der Waals surface area contributed by atoms with Crippen LogP contribution >= 0.6 is 0 Å². The quantitative estimate of drug-likeness (QED) is 0.860. The molecule has 1 saturated heterocycles. The Morgan fingerprint density at radius 3 is 2.50 bits per heavy atom. The molecule has 4 nitrogen and oxygen atoms in total. The molecule has 1 aliphatic carbocycles. The summed E-state index contributed by atoms with van der Waals surface area (Å²) in [5, 5.41) is 9.76. The zero-order valence-electron chi connectivity index (χ0n) is 13.1. The molecule has 0 spiro atoms. The minimum atomic E-state index is -0.565. The maximum atomic E-state index is 11.9. The average molecular weight is 282 g/mol. The standard InChI is InChI=1S/C16H30N2O2/c1-3-14-12-17(2)10-7-11-18(14)13-16(15(19)20)8-5-4-6-9-16/h14H,3-13H2,1-2H3,(H,19,20). The first-order valence-corrected chi connectivity index (χ1v) is 8.23. The molecule has 2 aliphatic rings. The second kappa shape index (κ2) is 6.90. The fourth-order valence-corrected chi connectivity index (χ4v) is 3.95. The summed E-state index contributed by atoms with van der Waals surface area (Å²) in [7, 11) is 2.18. The summed E-state index contributed by atoms with van der Waals surface area (Å²) in [4.78, 5) is 16.7. The zero-order valence-corrected chi connectivity index (χ0v) is 13.1. The van der Waals surface area contributed by atoms with Crippen LogP contribution in [0.4, 0.5) is 0 Å². The van der Waals surface area contributed by atoms with Crippen LogP contribution in [0.25, 0.3) is 0 Å². The van der Waals surface area contributed by atoms with Crippen molar-refractivity contribution in [2.75, 3.05) is 33.2 Å². The van der Waals surface area contributed by atoms with Gasteiger partial charge in [0.2, 0.25) is 0 Å². The van der Waals surface area contributed by atoms with E-state index in [9.17, 15) is 9.90 Å². The Labute approximate surface area is 123 Å². The van der Waals surface area contributed by atoms with Gasteiger partial charge in [0.05, 0.1) is 5.41 Å². The van der Waals surface area contributed by atoms with E-state index in [1.807, 2.05) is 0 Å². The van der Waals surface area contributed by atoms with Gasteiger partial charge >= 0.3 is 5.97 Å². The monoisotopic (exact) mass is 282 g/mol. The fourth-order valence-electron chi connectivity index (χ4n) is 3.95. The molecular weight excluding hydrogens is 252 g/mol. The fraction of sp³-hybridized carbons (Fsp3) is 0.938. The van der Waals surface area contributed by atoms with Crippen molar-refractivity contribution >= 4 is 5.97 Å². The molecule has 0 aromatic heterocycles. The van der Waals surface area contributed by atoms with Crippen LogP contribution in [-0.2, 0) is 4.79 Å². The highest BCUT2D eigenvalue weighted by molar-refractivity contribution is 5.75. The molecule has 0 bridgehead atoms. The van der Waals surface area contributed by atoms with E-state index >= 15 is 0 Å². The van der Waals surface area contributed by atoms with E-state index in [4.69, 9.17) is 0 Å². The molecule has 2 fully saturated rings. The van der Waals surface area contributed by atoms with Gasteiger partial charge in [0.25, 0.3) is 0 Å². The van der Waals surface area contributed by atoms with Gasteiger partial charge in [-0.3, -0.25) is 9.69 Å². The maximum absolute atomic E-state index is 11.9. The van der Waals surface area contributed by atoms with Crippen molar-refractivity contribution in [3.05, 3.63) is 0 Å². The molecule has 1 saturated carbocycles. The molecule has 4 heteroatoms. The van der Waals surface area contributed by atoms with Crippen LogP contribution in [0.2, 0.25) is 0 Å². The summed E-state index contributed by atoms with van der Waals surface area (Å²) in [6, 6.07) is 0.514. The Morgan fingerprint density at radius 2 is 1.90 bits per heavy atom. The lowest BCUT2D eigenvalue weighted by Gasteiger charge is -2.40. The number of carbonyl (C=O) groups is 1. The molecular formula is C16H30N2O2. The third-order valence-corrected chi connectivity index (χ3v) is 5.27. The van der Waals surface area contributed by atoms with Crippen molar-refractivity contribution < 1.29 is 9.90 Å². The van der Waals surface area contributed by atoms with Gasteiger partial charge in [-0.2, -0.15) is 0 Å². The SMILES string of the molecule is CCC1CN(C)CCCN1CC1(C(=O)O)CCCCC1. The summed E-state index contributed by atoms with van der Waals surface area (Å²) in [6.07, 6.45) is 7.36. The van der Waals surface area contributed by atoms with E-state index in [0.717, 1.165) is 64.7 Å². The van der Waals surface area contributed by atoms with Crippen molar-refractivity contribution in [1.29, 1.82) is 0 Å². The van der Waals surface area contributed by atoms with Crippen LogP contribution in [0.15, 0.2) is 0 Å². The highest BCUT2D eigenvalue weighted by Crippen LogP contribution is 2.38. The molecule has 1 aliphatic heterocycles.